The highest BCUT2D eigenvalue weighted by Gasteiger charge is 2.17. The third-order valence-electron chi connectivity index (χ3n) is 3.80. The molecule has 0 aliphatic heterocycles. The fourth-order valence-corrected chi connectivity index (χ4v) is 3.30. The third-order valence-corrected chi connectivity index (χ3v) is 5.23. The average molecular weight is 362 g/mol. The quantitative estimate of drug-likeness (QED) is 0.575. The van der Waals surface area contributed by atoms with Crippen LogP contribution in [0, 0.1) is 10.5 Å². The van der Waals surface area contributed by atoms with Gasteiger partial charge in [0.25, 0.3) is 0 Å². The summed E-state index contributed by atoms with van der Waals surface area (Å²) in [5.74, 6) is 0.141. The SMILES string of the molecule is Cc1cccc(C(=O)c2ccc3c(c2)CCC3)c1I. The van der Waals surface area contributed by atoms with Crippen molar-refractivity contribution in [3.8, 4) is 0 Å². The van der Waals surface area contributed by atoms with E-state index in [4.69, 9.17) is 0 Å². The number of hydrogen-bond acceptors (Lipinski definition) is 1. The Hall–Kier alpha value is -1.16. The van der Waals surface area contributed by atoms with E-state index in [-0.39, 0.29) is 5.78 Å². The molecule has 0 saturated carbocycles. The summed E-state index contributed by atoms with van der Waals surface area (Å²) in [5, 5.41) is 0. The molecule has 96 valence electrons. The van der Waals surface area contributed by atoms with Crippen molar-refractivity contribution in [2.45, 2.75) is 26.2 Å². The molecule has 0 heterocycles. The Morgan fingerprint density at radius 3 is 2.74 bits per heavy atom. The number of carbonyl (C=O) groups is 1. The van der Waals surface area contributed by atoms with Gasteiger partial charge in [0, 0.05) is 14.7 Å². The Labute approximate surface area is 127 Å². The molecular formula is C17H15IO. The lowest BCUT2D eigenvalue weighted by molar-refractivity contribution is 0.103. The first-order chi connectivity index (χ1) is 9.16. The molecule has 19 heavy (non-hydrogen) atoms. The van der Waals surface area contributed by atoms with Gasteiger partial charge in [-0.3, -0.25) is 4.79 Å². The highest BCUT2D eigenvalue weighted by molar-refractivity contribution is 14.1. The van der Waals surface area contributed by atoms with Gasteiger partial charge in [0.15, 0.2) is 5.78 Å². The zero-order valence-electron chi connectivity index (χ0n) is 10.9. The van der Waals surface area contributed by atoms with E-state index in [1.54, 1.807) is 0 Å². The van der Waals surface area contributed by atoms with E-state index < -0.39 is 0 Å². The van der Waals surface area contributed by atoms with E-state index in [1.165, 1.54) is 17.5 Å². The van der Waals surface area contributed by atoms with Crippen LogP contribution in [-0.2, 0) is 12.8 Å². The molecule has 0 bridgehead atoms. The molecule has 0 atom stereocenters. The summed E-state index contributed by atoms with van der Waals surface area (Å²) in [6, 6.07) is 12.1. The van der Waals surface area contributed by atoms with Gasteiger partial charge < -0.3 is 0 Å². The van der Waals surface area contributed by atoms with Crippen LogP contribution in [0.25, 0.3) is 0 Å². The summed E-state index contributed by atoms with van der Waals surface area (Å²) >= 11 is 2.26. The van der Waals surface area contributed by atoms with Crippen LogP contribution < -0.4 is 0 Å². The van der Waals surface area contributed by atoms with Crippen LogP contribution in [0.3, 0.4) is 0 Å². The van der Waals surface area contributed by atoms with Gasteiger partial charge in [-0.15, -0.1) is 0 Å². The van der Waals surface area contributed by atoms with Crippen molar-refractivity contribution in [2.24, 2.45) is 0 Å². The second-order valence-corrected chi connectivity index (χ2v) is 6.18. The van der Waals surface area contributed by atoms with Crippen molar-refractivity contribution in [3.63, 3.8) is 0 Å². The Kier molecular flexibility index (Phi) is 3.44. The van der Waals surface area contributed by atoms with Crippen molar-refractivity contribution in [3.05, 3.63) is 67.8 Å². The first-order valence-electron chi connectivity index (χ1n) is 6.58. The predicted octanol–water partition coefficient (Wildman–Crippen LogP) is 4.32. The lowest BCUT2D eigenvalue weighted by atomic mass is 9.98. The van der Waals surface area contributed by atoms with Gasteiger partial charge in [0.1, 0.15) is 0 Å². The molecule has 0 saturated heterocycles. The zero-order valence-corrected chi connectivity index (χ0v) is 13.0. The van der Waals surface area contributed by atoms with Crippen molar-refractivity contribution < 1.29 is 4.79 Å². The van der Waals surface area contributed by atoms with Crippen molar-refractivity contribution >= 4 is 28.4 Å². The molecule has 1 aliphatic carbocycles. The van der Waals surface area contributed by atoms with Crippen LogP contribution in [-0.4, -0.2) is 5.78 Å². The molecule has 0 N–H and O–H groups in total. The Morgan fingerprint density at radius 2 is 1.89 bits per heavy atom. The van der Waals surface area contributed by atoms with Gasteiger partial charge in [-0.1, -0.05) is 24.3 Å². The number of halogens is 1. The molecule has 0 amide bonds. The minimum Gasteiger partial charge on any atom is -0.289 e. The maximum Gasteiger partial charge on any atom is 0.194 e. The maximum atomic E-state index is 12.6. The third kappa shape index (κ3) is 2.34. The molecule has 2 heteroatoms. The summed E-state index contributed by atoms with van der Waals surface area (Å²) < 4.78 is 1.06. The fraction of sp³-hybridized carbons (Fsp3) is 0.235. The second kappa shape index (κ2) is 5.08. The molecule has 1 nitrogen and oxygen atoms in total. The Bertz CT molecular complexity index is 658. The molecule has 1 aliphatic rings. The van der Waals surface area contributed by atoms with Crippen LogP contribution >= 0.6 is 22.6 Å². The Morgan fingerprint density at radius 1 is 1.11 bits per heavy atom. The summed E-state index contributed by atoms with van der Waals surface area (Å²) in [6.07, 6.45) is 3.49. The Balaban J connectivity index is 2.02. The highest BCUT2D eigenvalue weighted by Crippen LogP contribution is 2.25. The molecule has 0 radical (unpaired) electrons. The maximum absolute atomic E-state index is 12.6. The van der Waals surface area contributed by atoms with E-state index in [2.05, 4.69) is 34.7 Å². The fourth-order valence-electron chi connectivity index (χ4n) is 2.69. The number of ketones is 1. The summed E-state index contributed by atoms with van der Waals surface area (Å²) in [7, 11) is 0. The van der Waals surface area contributed by atoms with Gasteiger partial charge in [-0.05, 0) is 77.6 Å². The summed E-state index contributed by atoms with van der Waals surface area (Å²) in [6.45, 7) is 2.04. The summed E-state index contributed by atoms with van der Waals surface area (Å²) in [4.78, 5) is 12.6. The molecule has 2 aromatic carbocycles. The monoisotopic (exact) mass is 362 g/mol. The van der Waals surface area contributed by atoms with Crippen LogP contribution in [0.4, 0.5) is 0 Å². The van der Waals surface area contributed by atoms with Crippen LogP contribution in [0.5, 0.6) is 0 Å². The minimum absolute atomic E-state index is 0.141. The molecule has 2 aromatic rings. The number of aryl methyl sites for hydroxylation is 3. The van der Waals surface area contributed by atoms with Gasteiger partial charge >= 0.3 is 0 Å². The predicted molar refractivity (Wildman–Crippen MR) is 85.8 cm³/mol. The lowest BCUT2D eigenvalue weighted by Crippen LogP contribution is -2.05. The number of rotatable bonds is 2. The number of fused-ring (bicyclic) bond motifs is 1. The van der Waals surface area contributed by atoms with Crippen molar-refractivity contribution in [2.75, 3.05) is 0 Å². The second-order valence-electron chi connectivity index (χ2n) is 5.10. The smallest absolute Gasteiger partial charge is 0.194 e. The topological polar surface area (TPSA) is 17.1 Å². The minimum atomic E-state index is 0.141. The molecule has 0 fully saturated rings. The average Bonchev–Trinajstić information content (AvgIpc) is 2.88. The normalized spacial score (nSPS) is 13.4. The zero-order chi connectivity index (χ0) is 13.4. The summed E-state index contributed by atoms with van der Waals surface area (Å²) in [5.41, 5.74) is 5.57. The standard InChI is InChI=1S/C17H15IO/c1-11-4-2-7-15(16(11)18)17(19)14-9-8-12-5-3-6-13(12)10-14/h2,4,7-10H,3,5-6H2,1H3. The molecule has 0 unspecified atom stereocenters. The van der Waals surface area contributed by atoms with Crippen molar-refractivity contribution in [1.29, 1.82) is 0 Å². The van der Waals surface area contributed by atoms with Crippen LogP contribution in [0.2, 0.25) is 0 Å². The van der Waals surface area contributed by atoms with Crippen LogP contribution in [0.1, 0.15) is 39.0 Å². The molecule has 3 rings (SSSR count). The van der Waals surface area contributed by atoms with E-state index in [1.807, 2.05) is 31.2 Å². The van der Waals surface area contributed by atoms with E-state index in [9.17, 15) is 4.79 Å². The number of benzene rings is 2. The van der Waals surface area contributed by atoms with Gasteiger partial charge in [0.05, 0.1) is 0 Å². The first-order valence-corrected chi connectivity index (χ1v) is 7.66. The number of hydrogen-bond donors (Lipinski definition) is 0. The molecular weight excluding hydrogens is 347 g/mol. The first kappa shape index (κ1) is 12.9. The van der Waals surface area contributed by atoms with Crippen LogP contribution in [0.15, 0.2) is 36.4 Å². The largest absolute Gasteiger partial charge is 0.289 e. The van der Waals surface area contributed by atoms with Gasteiger partial charge in [-0.25, -0.2) is 0 Å². The van der Waals surface area contributed by atoms with Gasteiger partial charge in [0.2, 0.25) is 0 Å². The molecule has 0 aromatic heterocycles. The lowest BCUT2D eigenvalue weighted by Gasteiger charge is -2.08. The highest BCUT2D eigenvalue weighted by atomic mass is 127. The molecule has 0 spiro atoms. The van der Waals surface area contributed by atoms with E-state index >= 15 is 0 Å². The number of carbonyl (C=O) groups excluding carboxylic acids is 1. The van der Waals surface area contributed by atoms with Crippen molar-refractivity contribution in [1.82, 2.24) is 0 Å². The van der Waals surface area contributed by atoms with E-state index in [0.29, 0.717) is 0 Å². The van der Waals surface area contributed by atoms with E-state index in [0.717, 1.165) is 33.1 Å². The van der Waals surface area contributed by atoms with Gasteiger partial charge in [-0.2, -0.15) is 0 Å².